The average Bonchev–Trinajstić information content (AvgIpc) is 3.09. The summed E-state index contributed by atoms with van der Waals surface area (Å²) in [6.45, 7) is 4.65. The van der Waals surface area contributed by atoms with E-state index in [-0.39, 0.29) is 17.2 Å². The van der Waals surface area contributed by atoms with Crippen molar-refractivity contribution < 1.29 is 14.3 Å². The fraction of sp³-hybridized carbons (Fsp3) is 0.680. The average molecular weight is 409 g/mol. The highest BCUT2D eigenvalue weighted by atomic mass is 16.5. The molecule has 1 aromatic carbocycles. The maximum Gasteiger partial charge on any atom is 0.264 e. The van der Waals surface area contributed by atoms with E-state index in [9.17, 15) is 9.59 Å². The summed E-state index contributed by atoms with van der Waals surface area (Å²) in [5, 5.41) is 0. The summed E-state index contributed by atoms with van der Waals surface area (Å²) in [5.41, 5.74) is 1.04. The van der Waals surface area contributed by atoms with Gasteiger partial charge < -0.3 is 14.5 Å². The second-order valence-corrected chi connectivity index (χ2v) is 10.7. The maximum atomic E-state index is 13.6. The van der Waals surface area contributed by atoms with E-state index in [4.69, 9.17) is 4.74 Å². The smallest absolute Gasteiger partial charge is 0.264 e. The highest BCUT2D eigenvalue weighted by Crippen LogP contribution is 2.60. The third-order valence-corrected chi connectivity index (χ3v) is 8.73. The van der Waals surface area contributed by atoms with Gasteiger partial charge in [-0.15, -0.1) is 0 Å². The first-order valence-electron chi connectivity index (χ1n) is 11.9. The lowest BCUT2D eigenvalue weighted by Crippen LogP contribution is -2.59. The Hall–Kier alpha value is -2.04. The molecule has 2 heterocycles. The molecule has 160 valence electrons. The SMILES string of the molecule is CC1c2ccccc2OC1C(=O)N1CCN(C(=O)C23CC4CC(CC(C4)C2)C3)CC1. The van der Waals surface area contributed by atoms with Crippen LogP contribution >= 0.6 is 0 Å². The highest BCUT2D eigenvalue weighted by Gasteiger charge is 2.55. The van der Waals surface area contributed by atoms with Gasteiger partial charge in [-0.2, -0.15) is 0 Å². The first-order chi connectivity index (χ1) is 14.5. The predicted molar refractivity (Wildman–Crippen MR) is 113 cm³/mol. The minimum absolute atomic E-state index is 0.0698. The van der Waals surface area contributed by atoms with Crippen LogP contribution in [0.3, 0.4) is 0 Å². The van der Waals surface area contributed by atoms with E-state index < -0.39 is 6.10 Å². The lowest BCUT2D eigenvalue weighted by atomic mass is 9.49. The molecule has 5 heteroatoms. The van der Waals surface area contributed by atoms with Crippen LogP contribution in [0.25, 0.3) is 0 Å². The predicted octanol–water partition coefficient (Wildman–Crippen LogP) is 3.44. The molecule has 6 aliphatic rings. The summed E-state index contributed by atoms with van der Waals surface area (Å²) < 4.78 is 6.00. The molecule has 0 aromatic heterocycles. The van der Waals surface area contributed by atoms with Crippen molar-refractivity contribution in [1.29, 1.82) is 0 Å². The number of hydrogen-bond acceptors (Lipinski definition) is 3. The van der Waals surface area contributed by atoms with Crippen molar-refractivity contribution in [3.8, 4) is 5.75 Å². The van der Waals surface area contributed by atoms with E-state index in [0.717, 1.165) is 48.3 Å². The van der Waals surface area contributed by atoms with Crippen LogP contribution < -0.4 is 4.74 Å². The summed E-state index contributed by atoms with van der Waals surface area (Å²) in [4.78, 5) is 30.7. The molecular formula is C25H32N2O3. The van der Waals surface area contributed by atoms with Crippen molar-refractivity contribution in [2.45, 2.75) is 57.5 Å². The summed E-state index contributed by atoms with van der Waals surface area (Å²) in [5.74, 6) is 3.72. The molecule has 4 bridgehead atoms. The molecule has 2 unspecified atom stereocenters. The first kappa shape index (κ1) is 18.7. The van der Waals surface area contributed by atoms with Crippen LogP contribution in [-0.4, -0.2) is 53.9 Å². The number of hydrogen-bond donors (Lipinski definition) is 0. The number of piperazine rings is 1. The van der Waals surface area contributed by atoms with Crippen LogP contribution in [0, 0.1) is 23.2 Å². The molecule has 0 spiro atoms. The molecule has 5 nitrogen and oxygen atoms in total. The number of benzene rings is 1. The van der Waals surface area contributed by atoms with Gasteiger partial charge in [-0.1, -0.05) is 25.1 Å². The Morgan fingerprint density at radius 1 is 0.900 bits per heavy atom. The lowest BCUT2D eigenvalue weighted by Gasteiger charge is -2.57. The molecule has 0 radical (unpaired) electrons. The molecule has 4 aliphatic carbocycles. The van der Waals surface area contributed by atoms with Gasteiger partial charge in [0.1, 0.15) is 5.75 Å². The molecule has 5 fully saturated rings. The summed E-state index contributed by atoms with van der Waals surface area (Å²) >= 11 is 0. The van der Waals surface area contributed by atoms with E-state index in [1.807, 2.05) is 23.1 Å². The van der Waals surface area contributed by atoms with Crippen molar-refractivity contribution in [2.75, 3.05) is 26.2 Å². The van der Waals surface area contributed by atoms with Crippen molar-refractivity contribution in [3.63, 3.8) is 0 Å². The number of para-hydroxylation sites is 1. The van der Waals surface area contributed by atoms with Gasteiger partial charge in [0.15, 0.2) is 6.10 Å². The van der Waals surface area contributed by atoms with Crippen molar-refractivity contribution in [1.82, 2.24) is 9.80 Å². The van der Waals surface area contributed by atoms with Crippen molar-refractivity contribution in [2.24, 2.45) is 23.2 Å². The molecular weight excluding hydrogens is 376 g/mol. The van der Waals surface area contributed by atoms with E-state index in [1.54, 1.807) is 0 Å². The minimum atomic E-state index is -0.437. The van der Waals surface area contributed by atoms with Gasteiger partial charge in [-0.05, 0) is 62.3 Å². The van der Waals surface area contributed by atoms with Crippen molar-refractivity contribution in [3.05, 3.63) is 29.8 Å². The van der Waals surface area contributed by atoms with Crippen LogP contribution in [0.2, 0.25) is 0 Å². The molecule has 2 amide bonds. The third kappa shape index (κ3) is 2.80. The number of carbonyl (C=O) groups excluding carboxylic acids is 2. The zero-order valence-electron chi connectivity index (χ0n) is 17.9. The number of nitrogens with zero attached hydrogens (tertiary/aromatic N) is 2. The van der Waals surface area contributed by atoms with Gasteiger partial charge in [-0.3, -0.25) is 9.59 Å². The molecule has 1 aromatic rings. The molecule has 2 atom stereocenters. The van der Waals surface area contributed by atoms with Gasteiger partial charge in [0, 0.05) is 37.7 Å². The topological polar surface area (TPSA) is 49.9 Å². The Kier molecular flexibility index (Phi) is 4.20. The number of fused-ring (bicyclic) bond motifs is 1. The molecule has 2 aliphatic heterocycles. The molecule has 0 N–H and O–H groups in total. The number of amides is 2. The second-order valence-electron chi connectivity index (χ2n) is 10.7. The summed E-state index contributed by atoms with van der Waals surface area (Å²) in [6.07, 6.45) is 6.98. The molecule has 1 saturated heterocycles. The van der Waals surface area contributed by atoms with E-state index in [0.29, 0.717) is 32.1 Å². The fourth-order valence-corrected chi connectivity index (χ4v) is 7.65. The largest absolute Gasteiger partial charge is 0.480 e. The van der Waals surface area contributed by atoms with Gasteiger partial charge in [0.25, 0.3) is 5.91 Å². The summed E-state index contributed by atoms with van der Waals surface area (Å²) in [7, 11) is 0. The van der Waals surface area contributed by atoms with Gasteiger partial charge in [0.05, 0.1) is 5.41 Å². The van der Waals surface area contributed by atoms with Crippen LogP contribution in [0.5, 0.6) is 5.75 Å². The Balaban J connectivity index is 1.10. The van der Waals surface area contributed by atoms with Gasteiger partial charge in [-0.25, -0.2) is 0 Å². The standard InChI is InChI=1S/C25H32N2O3/c1-16-20-4-2-3-5-21(20)30-22(16)23(28)26-6-8-27(9-7-26)24(29)25-13-17-10-18(14-25)12-19(11-17)15-25/h2-5,16-19,22H,6-15H2,1H3. The van der Waals surface area contributed by atoms with Crippen molar-refractivity contribution >= 4 is 11.8 Å². The van der Waals surface area contributed by atoms with Crippen LogP contribution in [-0.2, 0) is 9.59 Å². The molecule has 30 heavy (non-hydrogen) atoms. The number of rotatable bonds is 2. The van der Waals surface area contributed by atoms with E-state index in [2.05, 4.69) is 17.9 Å². The lowest BCUT2D eigenvalue weighted by molar-refractivity contribution is -0.161. The second kappa shape index (κ2) is 6.73. The Labute approximate surface area is 178 Å². The fourth-order valence-electron chi connectivity index (χ4n) is 7.65. The third-order valence-electron chi connectivity index (χ3n) is 8.73. The minimum Gasteiger partial charge on any atom is -0.480 e. The van der Waals surface area contributed by atoms with Crippen LogP contribution in [0.15, 0.2) is 24.3 Å². The summed E-state index contributed by atoms with van der Waals surface area (Å²) in [6, 6.07) is 7.95. The Morgan fingerprint density at radius 3 is 2.07 bits per heavy atom. The van der Waals surface area contributed by atoms with Crippen LogP contribution in [0.1, 0.15) is 56.9 Å². The Bertz CT molecular complexity index is 838. The van der Waals surface area contributed by atoms with E-state index >= 15 is 0 Å². The van der Waals surface area contributed by atoms with Gasteiger partial charge >= 0.3 is 0 Å². The van der Waals surface area contributed by atoms with Gasteiger partial charge in [0.2, 0.25) is 5.91 Å². The zero-order valence-corrected chi connectivity index (χ0v) is 17.9. The normalized spacial score (nSPS) is 39.0. The number of ether oxygens (including phenoxy) is 1. The number of carbonyl (C=O) groups is 2. The molecule has 7 rings (SSSR count). The molecule has 4 saturated carbocycles. The first-order valence-corrected chi connectivity index (χ1v) is 11.9. The zero-order chi connectivity index (χ0) is 20.5. The quantitative estimate of drug-likeness (QED) is 0.753. The Morgan fingerprint density at radius 2 is 1.47 bits per heavy atom. The van der Waals surface area contributed by atoms with Crippen LogP contribution in [0.4, 0.5) is 0 Å². The van der Waals surface area contributed by atoms with E-state index in [1.165, 1.54) is 19.3 Å². The highest BCUT2D eigenvalue weighted by molar-refractivity contribution is 5.85. The maximum absolute atomic E-state index is 13.6. The monoisotopic (exact) mass is 408 g/mol.